The van der Waals surface area contributed by atoms with Crippen molar-refractivity contribution >= 4 is 40.3 Å². The van der Waals surface area contributed by atoms with Gasteiger partial charge >= 0.3 is 0 Å². The van der Waals surface area contributed by atoms with Crippen LogP contribution in [-0.4, -0.2) is 44.3 Å². The molecule has 0 bridgehead atoms. The number of pyridine rings is 1. The van der Waals surface area contributed by atoms with Crippen LogP contribution in [0.3, 0.4) is 0 Å². The van der Waals surface area contributed by atoms with Gasteiger partial charge in [0.15, 0.2) is 5.65 Å². The van der Waals surface area contributed by atoms with Crippen molar-refractivity contribution in [2.75, 3.05) is 18.4 Å². The average Bonchev–Trinajstić information content (AvgIpc) is 3.18. The lowest BCUT2D eigenvalue weighted by atomic mass is 9.93. The molecule has 0 atom stereocenters. The van der Waals surface area contributed by atoms with Crippen molar-refractivity contribution in [2.45, 2.75) is 39.7 Å². The number of rotatable bonds is 5. The van der Waals surface area contributed by atoms with Gasteiger partial charge in [0.1, 0.15) is 5.52 Å². The molecule has 2 aromatic heterocycles. The van der Waals surface area contributed by atoms with Gasteiger partial charge in [-0.1, -0.05) is 29.3 Å². The van der Waals surface area contributed by atoms with E-state index in [0.717, 1.165) is 44.5 Å². The lowest BCUT2D eigenvalue weighted by Gasteiger charge is -2.31. The van der Waals surface area contributed by atoms with Gasteiger partial charge in [-0.2, -0.15) is 0 Å². The molecule has 8 heteroatoms. The molecule has 1 fully saturated rings. The van der Waals surface area contributed by atoms with E-state index in [9.17, 15) is 9.59 Å². The Hall–Kier alpha value is -2.93. The van der Waals surface area contributed by atoms with Crippen molar-refractivity contribution in [1.29, 1.82) is 0 Å². The molecule has 0 aliphatic carbocycles. The van der Waals surface area contributed by atoms with Crippen LogP contribution < -0.4 is 5.32 Å². The van der Waals surface area contributed by atoms with Crippen LogP contribution in [0.5, 0.6) is 0 Å². The highest BCUT2D eigenvalue weighted by atomic mass is 35.5. The molecule has 31 heavy (non-hydrogen) atoms. The highest BCUT2D eigenvalue weighted by Gasteiger charge is 2.22. The number of likely N-dealkylation sites (tertiary alicyclic amines) is 1. The third-order valence-electron chi connectivity index (χ3n) is 5.96. The first-order chi connectivity index (χ1) is 14.9. The van der Waals surface area contributed by atoms with Crippen molar-refractivity contribution in [3.63, 3.8) is 0 Å². The van der Waals surface area contributed by atoms with Crippen LogP contribution in [0.1, 0.15) is 42.1 Å². The van der Waals surface area contributed by atoms with E-state index in [1.165, 1.54) is 6.20 Å². The minimum absolute atomic E-state index is 0.153. The maximum Gasteiger partial charge on any atom is 0.258 e. The third-order valence-corrected chi connectivity index (χ3v) is 6.35. The van der Waals surface area contributed by atoms with Crippen LogP contribution in [0.15, 0.2) is 36.8 Å². The number of piperidine rings is 1. The predicted octanol–water partition coefficient (Wildman–Crippen LogP) is 4.29. The molecule has 162 valence electrons. The fourth-order valence-electron chi connectivity index (χ4n) is 3.99. The lowest BCUT2D eigenvalue weighted by Crippen LogP contribution is -2.37. The van der Waals surface area contributed by atoms with Gasteiger partial charge < -0.3 is 14.8 Å². The second kappa shape index (κ2) is 9.06. The van der Waals surface area contributed by atoms with Gasteiger partial charge in [-0.15, -0.1) is 0 Å². The fraction of sp³-hybridized carbons (Fsp3) is 0.391. The number of hydrogen-bond donors (Lipinski definition) is 1. The smallest absolute Gasteiger partial charge is 0.258 e. The average molecular weight is 440 g/mol. The summed E-state index contributed by atoms with van der Waals surface area (Å²) in [4.78, 5) is 35.0. The van der Waals surface area contributed by atoms with Gasteiger partial charge in [0.25, 0.3) is 5.91 Å². The second-order valence-electron chi connectivity index (χ2n) is 8.15. The summed E-state index contributed by atoms with van der Waals surface area (Å²) < 4.78 is 1.99. The number of amides is 2. The summed E-state index contributed by atoms with van der Waals surface area (Å²) in [5, 5.41) is 3.16. The molecule has 2 amide bonds. The Labute approximate surface area is 186 Å². The summed E-state index contributed by atoms with van der Waals surface area (Å²) in [7, 11) is 0. The van der Waals surface area contributed by atoms with Crippen LogP contribution in [0.4, 0.5) is 5.69 Å². The lowest BCUT2D eigenvalue weighted by molar-refractivity contribution is -0.130. The number of nitrogens with one attached hydrogen (secondary N) is 1. The Kier molecular flexibility index (Phi) is 6.23. The number of carbonyl (C=O) groups is 2. The molecule has 4 rings (SSSR count). The van der Waals surface area contributed by atoms with Crippen LogP contribution >= 0.6 is 11.6 Å². The van der Waals surface area contributed by atoms with Gasteiger partial charge in [-0.05, 0) is 44.2 Å². The number of aryl methyl sites for hydroxylation is 2. The van der Waals surface area contributed by atoms with Gasteiger partial charge in [0, 0.05) is 38.4 Å². The number of nitrogens with zero attached hydrogens (tertiary/aromatic N) is 4. The quantitative estimate of drug-likeness (QED) is 0.642. The Morgan fingerprint density at radius 3 is 2.55 bits per heavy atom. The standard InChI is InChI=1S/C23H26ClN5O2/c1-15-3-5-18(6-4-15)27-23(31)19-13-25-22-21(20(19)24)26-14-29(22)12-9-17-7-10-28(11-8-17)16(2)30/h3-6,13-14,17H,7-12H2,1-2H3,(H,27,31). The molecule has 1 aromatic carbocycles. The first-order valence-electron chi connectivity index (χ1n) is 10.5. The Morgan fingerprint density at radius 1 is 1.16 bits per heavy atom. The van der Waals surface area contributed by atoms with Gasteiger partial charge in [0.2, 0.25) is 5.91 Å². The number of aromatic nitrogens is 3. The fourth-order valence-corrected chi connectivity index (χ4v) is 4.26. The van der Waals surface area contributed by atoms with E-state index in [1.54, 1.807) is 13.3 Å². The monoisotopic (exact) mass is 439 g/mol. The molecule has 1 saturated heterocycles. The first kappa shape index (κ1) is 21.3. The minimum atomic E-state index is -0.310. The minimum Gasteiger partial charge on any atom is -0.343 e. The van der Waals surface area contributed by atoms with Crippen molar-refractivity contribution in [3.8, 4) is 0 Å². The van der Waals surface area contributed by atoms with E-state index < -0.39 is 0 Å². The molecular formula is C23H26ClN5O2. The topological polar surface area (TPSA) is 80.1 Å². The van der Waals surface area contributed by atoms with Crippen molar-refractivity contribution in [2.24, 2.45) is 5.92 Å². The highest BCUT2D eigenvalue weighted by Crippen LogP contribution is 2.27. The molecule has 1 aliphatic heterocycles. The number of imidazole rings is 1. The molecular weight excluding hydrogens is 414 g/mol. The first-order valence-corrected chi connectivity index (χ1v) is 10.9. The van der Waals surface area contributed by atoms with E-state index in [4.69, 9.17) is 11.6 Å². The molecule has 0 spiro atoms. The zero-order chi connectivity index (χ0) is 22.0. The van der Waals surface area contributed by atoms with Crippen LogP contribution in [-0.2, 0) is 11.3 Å². The highest BCUT2D eigenvalue weighted by molar-refractivity contribution is 6.38. The molecule has 0 radical (unpaired) electrons. The summed E-state index contributed by atoms with van der Waals surface area (Å²) in [5.74, 6) is 0.415. The summed E-state index contributed by atoms with van der Waals surface area (Å²) in [6, 6.07) is 7.57. The van der Waals surface area contributed by atoms with E-state index in [0.29, 0.717) is 33.4 Å². The number of fused-ring (bicyclic) bond motifs is 1. The van der Waals surface area contributed by atoms with E-state index in [-0.39, 0.29) is 11.8 Å². The van der Waals surface area contributed by atoms with E-state index in [1.807, 2.05) is 40.7 Å². The maximum absolute atomic E-state index is 12.7. The van der Waals surface area contributed by atoms with Crippen LogP contribution in [0, 0.1) is 12.8 Å². The number of hydrogen-bond acceptors (Lipinski definition) is 4. The predicted molar refractivity (Wildman–Crippen MR) is 121 cm³/mol. The second-order valence-corrected chi connectivity index (χ2v) is 8.53. The molecule has 7 nitrogen and oxygen atoms in total. The number of halogens is 1. The van der Waals surface area contributed by atoms with Crippen molar-refractivity contribution < 1.29 is 9.59 Å². The summed E-state index contributed by atoms with van der Waals surface area (Å²) >= 11 is 6.52. The number of carbonyl (C=O) groups excluding carboxylic acids is 2. The van der Waals surface area contributed by atoms with E-state index >= 15 is 0 Å². The molecule has 1 aliphatic rings. The Balaban J connectivity index is 1.43. The Morgan fingerprint density at radius 2 is 1.87 bits per heavy atom. The van der Waals surface area contributed by atoms with Crippen LogP contribution in [0.25, 0.3) is 11.2 Å². The summed E-state index contributed by atoms with van der Waals surface area (Å²) in [5.41, 5.74) is 3.33. The van der Waals surface area contributed by atoms with Gasteiger partial charge in [-0.25, -0.2) is 9.97 Å². The summed E-state index contributed by atoms with van der Waals surface area (Å²) in [6.45, 7) is 6.05. The normalized spacial score (nSPS) is 14.7. The molecule has 1 N–H and O–H groups in total. The molecule has 0 unspecified atom stereocenters. The van der Waals surface area contributed by atoms with Gasteiger partial charge in [-0.3, -0.25) is 9.59 Å². The Bertz CT molecular complexity index is 1100. The van der Waals surface area contributed by atoms with Gasteiger partial charge in [0.05, 0.1) is 16.9 Å². The summed E-state index contributed by atoms with van der Waals surface area (Å²) in [6.07, 6.45) is 6.27. The molecule has 0 saturated carbocycles. The van der Waals surface area contributed by atoms with Crippen molar-refractivity contribution in [1.82, 2.24) is 19.4 Å². The molecule has 3 heterocycles. The molecule has 3 aromatic rings. The largest absolute Gasteiger partial charge is 0.343 e. The zero-order valence-corrected chi connectivity index (χ0v) is 18.5. The van der Waals surface area contributed by atoms with Crippen molar-refractivity contribution in [3.05, 3.63) is 52.9 Å². The van der Waals surface area contributed by atoms with Crippen LogP contribution in [0.2, 0.25) is 5.02 Å². The third kappa shape index (κ3) is 4.71. The zero-order valence-electron chi connectivity index (χ0n) is 17.8. The SMILES string of the molecule is CC(=O)N1CCC(CCn2cnc3c(Cl)c(C(=O)Nc4ccc(C)cc4)cnc32)CC1. The number of benzene rings is 1. The van der Waals surface area contributed by atoms with E-state index in [2.05, 4.69) is 15.3 Å². The maximum atomic E-state index is 12.7. The number of anilines is 1.